The van der Waals surface area contributed by atoms with Crippen molar-refractivity contribution in [2.24, 2.45) is 0 Å². The van der Waals surface area contributed by atoms with Crippen molar-refractivity contribution < 1.29 is 4.79 Å². The molecule has 0 aliphatic carbocycles. The monoisotopic (exact) mass is 277 g/mol. The highest BCUT2D eigenvalue weighted by Crippen LogP contribution is 2.16. The second-order valence-corrected chi connectivity index (χ2v) is 5.07. The van der Waals surface area contributed by atoms with Gasteiger partial charge in [0, 0.05) is 5.56 Å². The number of benzene rings is 2. The van der Waals surface area contributed by atoms with Gasteiger partial charge in [-0.1, -0.05) is 40.6 Å². The van der Waals surface area contributed by atoms with Crippen LogP contribution in [0.2, 0.25) is 0 Å². The summed E-state index contributed by atoms with van der Waals surface area (Å²) >= 11 is 0. The van der Waals surface area contributed by atoms with Gasteiger partial charge in [-0.25, -0.2) is 4.68 Å². The van der Waals surface area contributed by atoms with E-state index < -0.39 is 0 Å². The van der Waals surface area contributed by atoms with Crippen molar-refractivity contribution in [1.82, 2.24) is 15.0 Å². The number of rotatable bonds is 3. The van der Waals surface area contributed by atoms with Gasteiger partial charge < -0.3 is 0 Å². The lowest BCUT2D eigenvalue weighted by molar-refractivity contribution is 0.103. The van der Waals surface area contributed by atoms with Gasteiger partial charge in [-0.2, -0.15) is 0 Å². The van der Waals surface area contributed by atoms with Crippen molar-refractivity contribution in [1.29, 1.82) is 0 Å². The minimum Gasteiger partial charge on any atom is -0.287 e. The van der Waals surface area contributed by atoms with E-state index in [4.69, 9.17) is 0 Å². The third kappa shape index (κ3) is 2.60. The minimum atomic E-state index is -0.0735. The summed E-state index contributed by atoms with van der Waals surface area (Å²) in [6, 6.07) is 15.3. The fourth-order valence-corrected chi connectivity index (χ4v) is 2.40. The number of aryl methyl sites for hydroxylation is 2. The van der Waals surface area contributed by atoms with E-state index in [1.807, 2.05) is 62.4 Å². The molecule has 0 radical (unpaired) electrons. The van der Waals surface area contributed by atoms with Gasteiger partial charge in [-0.05, 0) is 38.1 Å². The average Bonchev–Trinajstić information content (AvgIpc) is 2.95. The molecule has 0 bridgehead atoms. The molecule has 0 atom stereocenters. The van der Waals surface area contributed by atoms with Gasteiger partial charge in [0.1, 0.15) is 5.69 Å². The van der Waals surface area contributed by atoms with Gasteiger partial charge in [0.15, 0.2) is 0 Å². The topological polar surface area (TPSA) is 47.8 Å². The molecule has 0 saturated carbocycles. The largest absolute Gasteiger partial charge is 0.287 e. The molecule has 104 valence electrons. The molecule has 2 aromatic carbocycles. The summed E-state index contributed by atoms with van der Waals surface area (Å²) in [5, 5.41) is 7.91. The van der Waals surface area contributed by atoms with Crippen LogP contribution in [0.25, 0.3) is 5.69 Å². The molecule has 3 rings (SSSR count). The van der Waals surface area contributed by atoms with E-state index in [1.54, 1.807) is 4.68 Å². The predicted molar refractivity (Wildman–Crippen MR) is 80.7 cm³/mol. The quantitative estimate of drug-likeness (QED) is 0.691. The Balaban J connectivity index is 2.06. The van der Waals surface area contributed by atoms with Crippen molar-refractivity contribution >= 4 is 5.78 Å². The first-order valence-corrected chi connectivity index (χ1v) is 6.74. The van der Waals surface area contributed by atoms with E-state index in [-0.39, 0.29) is 5.78 Å². The van der Waals surface area contributed by atoms with Crippen molar-refractivity contribution in [3.8, 4) is 5.69 Å². The molecule has 0 spiro atoms. The minimum absolute atomic E-state index is 0.0735. The Bertz CT molecular complexity index is 771. The second kappa shape index (κ2) is 5.32. The molecule has 1 heterocycles. The standard InChI is InChI=1S/C17H15N3O/c1-12-8-13(2)10-14(9-12)17(21)16-11-18-19-20(16)15-6-4-3-5-7-15/h3-11H,1-2H3. The first-order chi connectivity index (χ1) is 10.1. The third-order valence-electron chi connectivity index (χ3n) is 3.27. The molecular weight excluding hydrogens is 262 g/mol. The van der Waals surface area contributed by atoms with Crippen LogP contribution in [0.4, 0.5) is 0 Å². The predicted octanol–water partition coefficient (Wildman–Crippen LogP) is 3.12. The fraction of sp³-hybridized carbons (Fsp3) is 0.118. The third-order valence-corrected chi connectivity index (χ3v) is 3.27. The Morgan fingerprint density at radius 3 is 2.33 bits per heavy atom. The van der Waals surface area contributed by atoms with Gasteiger partial charge in [-0.3, -0.25) is 4.79 Å². The van der Waals surface area contributed by atoms with Crippen LogP contribution in [0.5, 0.6) is 0 Å². The highest BCUT2D eigenvalue weighted by atomic mass is 16.1. The Labute approximate surface area is 123 Å². The van der Waals surface area contributed by atoms with E-state index in [9.17, 15) is 4.79 Å². The van der Waals surface area contributed by atoms with E-state index in [2.05, 4.69) is 10.3 Å². The number of carbonyl (C=O) groups is 1. The van der Waals surface area contributed by atoms with E-state index in [0.717, 1.165) is 16.8 Å². The summed E-state index contributed by atoms with van der Waals surface area (Å²) in [4.78, 5) is 12.7. The molecule has 0 saturated heterocycles. The van der Waals surface area contributed by atoms with Gasteiger partial charge >= 0.3 is 0 Å². The number of hydrogen-bond acceptors (Lipinski definition) is 3. The molecule has 4 heteroatoms. The van der Waals surface area contributed by atoms with Crippen LogP contribution in [-0.2, 0) is 0 Å². The summed E-state index contributed by atoms with van der Waals surface area (Å²) in [6.45, 7) is 3.97. The molecule has 4 nitrogen and oxygen atoms in total. The van der Waals surface area contributed by atoms with Crippen LogP contribution >= 0.6 is 0 Å². The van der Waals surface area contributed by atoms with Crippen molar-refractivity contribution in [3.63, 3.8) is 0 Å². The summed E-state index contributed by atoms with van der Waals surface area (Å²) in [5.74, 6) is -0.0735. The van der Waals surface area contributed by atoms with E-state index in [0.29, 0.717) is 11.3 Å². The van der Waals surface area contributed by atoms with Gasteiger partial charge in [0.25, 0.3) is 0 Å². The molecule has 1 aromatic heterocycles. The van der Waals surface area contributed by atoms with Gasteiger partial charge in [0.05, 0.1) is 11.9 Å². The molecule has 3 aromatic rings. The first-order valence-electron chi connectivity index (χ1n) is 6.74. The smallest absolute Gasteiger partial charge is 0.213 e. The molecule has 0 aliphatic rings. The molecular formula is C17H15N3O. The normalized spacial score (nSPS) is 10.6. The maximum absolute atomic E-state index is 12.7. The zero-order valence-corrected chi connectivity index (χ0v) is 11.9. The van der Waals surface area contributed by atoms with Crippen molar-refractivity contribution in [3.05, 3.63) is 77.1 Å². The van der Waals surface area contributed by atoms with Crippen LogP contribution in [0.3, 0.4) is 0 Å². The maximum atomic E-state index is 12.7. The van der Waals surface area contributed by atoms with Crippen molar-refractivity contribution in [2.75, 3.05) is 0 Å². The number of ketones is 1. The average molecular weight is 277 g/mol. The van der Waals surface area contributed by atoms with E-state index in [1.165, 1.54) is 6.20 Å². The molecule has 0 N–H and O–H groups in total. The number of aromatic nitrogens is 3. The fourth-order valence-electron chi connectivity index (χ4n) is 2.40. The Hall–Kier alpha value is -2.75. The van der Waals surface area contributed by atoms with Crippen molar-refractivity contribution in [2.45, 2.75) is 13.8 Å². The maximum Gasteiger partial charge on any atom is 0.213 e. The Kier molecular flexibility index (Phi) is 3.36. The summed E-state index contributed by atoms with van der Waals surface area (Å²) in [5.41, 5.74) is 4.08. The van der Waals surface area contributed by atoms with Gasteiger partial charge in [-0.15, -0.1) is 5.10 Å². The number of carbonyl (C=O) groups excluding carboxylic acids is 1. The molecule has 0 fully saturated rings. The zero-order valence-electron chi connectivity index (χ0n) is 11.9. The first kappa shape index (κ1) is 13.2. The summed E-state index contributed by atoms with van der Waals surface area (Å²) in [7, 11) is 0. The number of hydrogen-bond donors (Lipinski definition) is 0. The van der Waals surface area contributed by atoms with Crippen LogP contribution < -0.4 is 0 Å². The van der Waals surface area contributed by atoms with Crippen LogP contribution in [0, 0.1) is 13.8 Å². The lowest BCUT2D eigenvalue weighted by atomic mass is 10.0. The second-order valence-electron chi connectivity index (χ2n) is 5.07. The highest BCUT2D eigenvalue weighted by Gasteiger charge is 2.17. The Morgan fingerprint density at radius 2 is 1.67 bits per heavy atom. The molecule has 21 heavy (non-hydrogen) atoms. The SMILES string of the molecule is Cc1cc(C)cc(C(=O)c2cnnn2-c2ccccc2)c1. The zero-order chi connectivity index (χ0) is 14.8. The van der Waals surface area contributed by atoms with Crippen LogP contribution in [0.1, 0.15) is 27.2 Å². The van der Waals surface area contributed by atoms with Crippen LogP contribution in [0.15, 0.2) is 54.7 Å². The molecule has 0 unspecified atom stereocenters. The number of para-hydroxylation sites is 1. The molecule has 0 amide bonds. The molecule has 0 aliphatic heterocycles. The lowest BCUT2D eigenvalue weighted by Crippen LogP contribution is -2.10. The summed E-state index contributed by atoms with van der Waals surface area (Å²) < 4.78 is 1.57. The Morgan fingerprint density at radius 1 is 1.00 bits per heavy atom. The lowest BCUT2D eigenvalue weighted by Gasteiger charge is -2.07. The van der Waals surface area contributed by atoms with Gasteiger partial charge in [0.2, 0.25) is 5.78 Å². The van der Waals surface area contributed by atoms with Crippen LogP contribution in [-0.4, -0.2) is 20.8 Å². The van der Waals surface area contributed by atoms with E-state index >= 15 is 0 Å². The number of nitrogens with zero attached hydrogens (tertiary/aromatic N) is 3. The highest BCUT2D eigenvalue weighted by molar-refractivity contribution is 6.08. The summed E-state index contributed by atoms with van der Waals surface area (Å²) in [6.07, 6.45) is 1.51.